The molecule has 1 aromatic heterocycles. The van der Waals surface area contributed by atoms with Crippen molar-refractivity contribution < 1.29 is 18.4 Å². The van der Waals surface area contributed by atoms with Crippen LogP contribution in [0.3, 0.4) is 0 Å². The summed E-state index contributed by atoms with van der Waals surface area (Å²) >= 11 is 3.00. The van der Waals surface area contributed by atoms with Crippen LogP contribution in [0, 0.1) is 0 Å². The van der Waals surface area contributed by atoms with Crippen molar-refractivity contribution in [2.24, 2.45) is 5.73 Å². The number of halogens is 3. The summed E-state index contributed by atoms with van der Waals surface area (Å²) in [6.45, 7) is -1.65. The Morgan fingerprint density at radius 3 is 2.46 bits per heavy atom. The van der Waals surface area contributed by atoms with E-state index in [0.29, 0.717) is 5.69 Å². The van der Waals surface area contributed by atoms with Crippen LogP contribution in [-0.2, 0) is 4.79 Å². The van der Waals surface area contributed by atoms with E-state index >= 15 is 0 Å². The van der Waals surface area contributed by atoms with Crippen LogP contribution >= 0.6 is 35.5 Å². The smallest absolute Gasteiger partial charge is 0.277 e. The van der Waals surface area contributed by atoms with Gasteiger partial charge in [-0.15, -0.1) is 35.5 Å². The molecule has 5 nitrogen and oxygen atoms in total. The molecule has 1 heterocycles. The van der Waals surface area contributed by atoms with Crippen molar-refractivity contribution in [3.05, 3.63) is 47.3 Å². The second kappa shape index (κ2) is 10.5. The van der Waals surface area contributed by atoms with E-state index in [1.54, 1.807) is 23.5 Å². The minimum atomic E-state index is -3.14. The molecule has 2 aromatic rings. The first-order valence-corrected chi connectivity index (χ1v) is 9.18. The Labute approximate surface area is 164 Å². The van der Waals surface area contributed by atoms with Crippen molar-refractivity contribution in [1.82, 2.24) is 5.32 Å². The molecule has 10 heteroatoms. The normalized spacial score (nSPS) is 10.7. The second-order valence-electron chi connectivity index (χ2n) is 5.09. The van der Waals surface area contributed by atoms with Crippen LogP contribution in [0.25, 0.3) is 0 Å². The summed E-state index contributed by atoms with van der Waals surface area (Å²) in [4.78, 5) is 23.7. The number of carbonyl (C=O) groups is 2. The molecular weight excluding hydrogens is 404 g/mol. The summed E-state index contributed by atoms with van der Waals surface area (Å²) in [5, 5.41) is 6.78. The number of benzene rings is 1. The summed E-state index contributed by atoms with van der Waals surface area (Å²) in [6.07, 6.45) is 0. The number of nitrogens with one attached hydrogen (secondary N) is 2. The predicted molar refractivity (Wildman–Crippen MR) is 104 cm³/mol. The van der Waals surface area contributed by atoms with Gasteiger partial charge in [-0.2, -0.15) is 0 Å². The Hall–Kier alpha value is -1.68. The Balaban J connectivity index is 0.00000338. The summed E-state index contributed by atoms with van der Waals surface area (Å²) < 4.78 is 27.1. The molecule has 0 aliphatic heterocycles. The highest BCUT2D eigenvalue weighted by Crippen LogP contribution is 2.23. The summed E-state index contributed by atoms with van der Waals surface area (Å²) in [7, 11) is 0. The van der Waals surface area contributed by atoms with Crippen LogP contribution in [0.5, 0.6) is 0 Å². The van der Waals surface area contributed by atoms with Gasteiger partial charge in [-0.1, -0.05) is 6.07 Å². The molecule has 0 radical (unpaired) electrons. The molecule has 2 rings (SSSR count). The Morgan fingerprint density at radius 2 is 1.88 bits per heavy atom. The van der Waals surface area contributed by atoms with E-state index in [4.69, 9.17) is 5.73 Å². The number of rotatable bonds is 8. The Bertz CT molecular complexity index is 713. The third-order valence-corrected chi connectivity index (χ3v) is 5.21. The molecule has 4 N–H and O–H groups in total. The van der Waals surface area contributed by atoms with Crippen molar-refractivity contribution in [3.63, 3.8) is 0 Å². The van der Waals surface area contributed by atoms with Gasteiger partial charge in [-0.3, -0.25) is 9.59 Å². The molecule has 2 amide bonds. The van der Waals surface area contributed by atoms with Crippen LogP contribution in [0.2, 0.25) is 0 Å². The van der Waals surface area contributed by atoms with E-state index in [1.807, 2.05) is 17.5 Å². The minimum Gasteiger partial charge on any atom is -0.346 e. The molecule has 142 valence electrons. The van der Waals surface area contributed by atoms with Crippen LogP contribution in [0.15, 0.2) is 46.0 Å². The maximum Gasteiger partial charge on any atom is 0.277 e. The highest BCUT2D eigenvalue weighted by atomic mass is 35.5. The predicted octanol–water partition coefficient (Wildman–Crippen LogP) is 3.22. The fraction of sp³-hybridized carbons (Fsp3) is 0.250. The van der Waals surface area contributed by atoms with Gasteiger partial charge in [-0.25, -0.2) is 8.78 Å². The third-order valence-electron chi connectivity index (χ3n) is 3.08. The van der Waals surface area contributed by atoms with Crippen molar-refractivity contribution in [2.45, 2.75) is 10.1 Å². The summed E-state index contributed by atoms with van der Waals surface area (Å²) in [5.74, 6) is -3.65. The number of thioether (sulfide) groups is 1. The average molecular weight is 422 g/mol. The largest absolute Gasteiger partial charge is 0.346 e. The van der Waals surface area contributed by atoms with Gasteiger partial charge in [-0.05, 0) is 35.7 Å². The number of alkyl halides is 2. The first kappa shape index (κ1) is 22.4. The molecular formula is C16H18ClF2N3O2S2. The molecule has 0 unspecified atom stereocenters. The molecule has 0 saturated carbocycles. The Kier molecular flexibility index (Phi) is 9.00. The van der Waals surface area contributed by atoms with Gasteiger partial charge in [0.15, 0.2) is 0 Å². The summed E-state index contributed by atoms with van der Waals surface area (Å²) in [5.41, 5.74) is 5.66. The van der Waals surface area contributed by atoms with E-state index in [2.05, 4.69) is 10.6 Å². The molecule has 0 aliphatic carbocycles. The number of hydrogen-bond acceptors (Lipinski definition) is 5. The van der Waals surface area contributed by atoms with Gasteiger partial charge < -0.3 is 16.4 Å². The van der Waals surface area contributed by atoms with E-state index in [1.165, 1.54) is 23.9 Å². The molecule has 1 aromatic carbocycles. The lowest BCUT2D eigenvalue weighted by Gasteiger charge is -2.14. The monoisotopic (exact) mass is 421 g/mol. The van der Waals surface area contributed by atoms with E-state index in [9.17, 15) is 18.4 Å². The summed E-state index contributed by atoms with van der Waals surface area (Å²) in [6, 6.07) is 9.85. The van der Waals surface area contributed by atoms with Gasteiger partial charge >= 0.3 is 0 Å². The van der Waals surface area contributed by atoms with Gasteiger partial charge in [0, 0.05) is 11.3 Å². The third kappa shape index (κ3) is 7.28. The molecule has 0 aliphatic rings. The van der Waals surface area contributed by atoms with Gasteiger partial charge in [0.05, 0.1) is 23.1 Å². The lowest BCUT2D eigenvalue weighted by atomic mass is 10.2. The number of anilines is 1. The van der Waals surface area contributed by atoms with E-state index < -0.39 is 24.9 Å². The molecule has 26 heavy (non-hydrogen) atoms. The zero-order chi connectivity index (χ0) is 18.3. The number of thiophene rings is 1. The lowest BCUT2D eigenvalue weighted by Crippen LogP contribution is -2.41. The standard InChI is InChI=1S/C16H17F2N3O2S2.ClH/c17-16(18,9-19)10-20-15(23)11-3-5-12(6-4-11)21-13(22)8-25-14-2-1-7-24-14;/h1-7H,8-10,19H2,(H,20,23)(H,21,22);1H. The van der Waals surface area contributed by atoms with Crippen molar-refractivity contribution in [3.8, 4) is 0 Å². The molecule has 0 fully saturated rings. The van der Waals surface area contributed by atoms with Gasteiger partial charge in [0.1, 0.15) is 0 Å². The zero-order valence-electron chi connectivity index (χ0n) is 13.5. The minimum absolute atomic E-state index is 0. The fourth-order valence-corrected chi connectivity index (χ4v) is 3.35. The van der Waals surface area contributed by atoms with Gasteiger partial charge in [0.2, 0.25) is 5.91 Å². The zero-order valence-corrected chi connectivity index (χ0v) is 16.0. The topological polar surface area (TPSA) is 84.2 Å². The SMILES string of the molecule is Cl.NCC(F)(F)CNC(=O)c1ccc(NC(=O)CSc2cccs2)cc1. The lowest BCUT2D eigenvalue weighted by molar-refractivity contribution is -0.113. The average Bonchev–Trinajstić information content (AvgIpc) is 3.12. The van der Waals surface area contributed by atoms with Crippen LogP contribution in [0.4, 0.5) is 14.5 Å². The number of nitrogens with two attached hydrogens (primary N) is 1. The first-order chi connectivity index (χ1) is 11.9. The van der Waals surface area contributed by atoms with Crippen molar-refractivity contribution in [2.75, 3.05) is 24.2 Å². The van der Waals surface area contributed by atoms with Crippen LogP contribution < -0.4 is 16.4 Å². The Morgan fingerprint density at radius 1 is 1.19 bits per heavy atom. The molecule has 0 saturated heterocycles. The number of hydrogen-bond donors (Lipinski definition) is 3. The molecule has 0 spiro atoms. The molecule has 0 atom stereocenters. The fourth-order valence-electron chi connectivity index (χ4n) is 1.77. The van der Waals surface area contributed by atoms with E-state index in [0.717, 1.165) is 4.21 Å². The van der Waals surface area contributed by atoms with Crippen LogP contribution in [-0.4, -0.2) is 36.6 Å². The van der Waals surface area contributed by atoms with Gasteiger partial charge in [0.25, 0.3) is 11.8 Å². The highest BCUT2D eigenvalue weighted by Gasteiger charge is 2.27. The first-order valence-electron chi connectivity index (χ1n) is 7.32. The van der Waals surface area contributed by atoms with E-state index in [-0.39, 0.29) is 29.6 Å². The number of amides is 2. The molecule has 0 bridgehead atoms. The van der Waals surface area contributed by atoms with Crippen molar-refractivity contribution >= 4 is 53.0 Å². The second-order valence-corrected chi connectivity index (χ2v) is 7.31. The maximum absolute atomic E-state index is 13.0. The van der Waals surface area contributed by atoms with Crippen molar-refractivity contribution in [1.29, 1.82) is 0 Å². The maximum atomic E-state index is 13.0. The number of carbonyl (C=O) groups excluding carboxylic acids is 2. The highest BCUT2D eigenvalue weighted by molar-refractivity contribution is 8.01. The van der Waals surface area contributed by atoms with Crippen LogP contribution in [0.1, 0.15) is 10.4 Å². The quantitative estimate of drug-likeness (QED) is 0.571.